The molecule has 0 spiro atoms. The maximum absolute atomic E-state index is 5.29. The van der Waals surface area contributed by atoms with E-state index in [1.165, 1.54) is 6.42 Å². The van der Waals surface area contributed by atoms with Crippen molar-refractivity contribution < 1.29 is 6.16 Å². The number of hydrogen-bond donors (Lipinski definition) is 0. The van der Waals surface area contributed by atoms with E-state index in [2.05, 4.69) is 18.9 Å². The van der Waals surface area contributed by atoms with E-state index in [4.69, 9.17) is 4.74 Å². The van der Waals surface area contributed by atoms with Gasteiger partial charge in [-0.1, -0.05) is 0 Å². The van der Waals surface area contributed by atoms with Crippen LogP contribution in [-0.2, 0) is 4.74 Å². The molecule has 0 aromatic carbocycles. The lowest BCUT2D eigenvalue weighted by Crippen LogP contribution is -2.29. The summed E-state index contributed by atoms with van der Waals surface area (Å²) < 4.78 is 5.29. The summed E-state index contributed by atoms with van der Waals surface area (Å²) in [6, 6.07) is 0.701. The van der Waals surface area contributed by atoms with E-state index in [0.717, 1.165) is 19.8 Å². The molecule has 1 rings (SSSR count). The topological polar surface area (TPSA) is 12.5 Å². The summed E-state index contributed by atoms with van der Waals surface area (Å²) in [7, 11) is 2.15. The summed E-state index contributed by atoms with van der Waals surface area (Å²) in [4.78, 5) is 2.34. The number of rotatable bonds is 0. The van der Waals surface area contributed by atoms with Crippen molar-refractivity contribution in [2.24, 2.45) is 0 Å². The highest BCUT2D eigenvalue weighted by Gasteiger charge is 2.11. The molecule has 1 heterocycles. The summed E-state index contributed by atoms with van der Waals surface area (Å²) in [5.74, 6) is 0. The molecular formula is C7H17NO. The molecule has 1 saturated heterocycles. The first-order valence-corrected chi connectivity index (χ1v) is 3.58. The summed E-state index contributed by atoms with van der Waals surface area (Å²) in [5.41, 5.74) is 0. The smallest absolute Gasteiger partial charge is 0.0593 e. The Morgan fingerprint density at radius 3 is 3.11 bits per heavy atom. The lowest BCUT2D eigenvalue weighted by atomic mass is 10.2. The molecule has 1 atom stereocenters. The van der Waals surface area contributed by atoms with Crippen LogP contribution in [0.5, 0.6) is 0 Å². The maximum Gasteiger partial charge on any atom is 0.0593 e. The highest BCUT2D eigenvalue weighted by atomic mass is 16.5. The van der Waals surface area contributed by atoms with E-state index in [1.807, 2.05) is 0 Å². The first-order chi connectivity index (χ1) is 4.30. The Bertz CT molecular complexity index is 79.7. The molecule has 0 aliphatic carbocycles. The molecule has 0 saturated carbocycles. The van der Waals surface area contributed by atoms with Gasteiger partial charge in [-0.2, -0.15) is 0 Å². The normalized spacial score (nSPS) is 32.0. The average Bonchev–Trinajstić information content (AvgIpc) is 1.99. The molecule has 2 heteroatoms. The molecular weight excluding hydrogens is 114 g/mol. The predicted octanol–water partition coefficient (Wildman–Crippen LogP) is 0.973. The van der Waals surface area contributed by atoms with Gasteiger partial charge in [-0.25, -0.2) is 0 Å². The first-order valence-electron chi connectivity index (χ1n) is 3.58. The number of nitrogens with zero attached hydrogens (tertiary/aromatic N) is 1. The molecule has 0 aromatic rings. The van der Waals surface area contributed by atoms with E-state index in [-0.39, 0.29) is 1.43 Å². The van der Waals surface area contributed by atoms with Crippen LogP contribution >= 0.6 is 0 Å². The molecule has 0 amide bonds. The van der Waals surface area contributed by atoms with Gasteiger partial charge in [0.1, 0.15) is 0 Å². The Balaban J connectivity index is 0.000000810. The lowest BCUT2D eigenvalue weighted by molar-refractivity contribution is 0.144. The maximum atomic E-state index is 5.29. The second-order valence-corrected chi connectivity index (χ2v) is 2.73. The summed E-state index contributed by atoms with van der Waals surface area (Å²) in [5, 5.41) is 0. The zero-order chi connectivity index (χ0) is 6.69. The number of hydrogen-bond acceptors (Lipinski definition) is 2. The Hall–Kier alpha value is -0.0800. The van der Waals surface area contributed by atoms with Gasteiger partial charge >= 0.3 is 0 Å². The molecule has 56 valence electrons. The molecule has 0 bridgehead atoms. The zero-order valence-electron chi connectivity index (χ0n) is 6.26. The van der Waals surface area contributed by atoms with E-state index in [9.17, 15) is 0 Å². The van der Waals surface area contributed by atoms with Gasteiger partial charge in [0.05, 0.1) is 6.61 Å². The van der Waals surface area contributed by atoms with Crippen molar-refractivity contribution in [3.63, 3.8) is 0 Å². The van der Waals surface area contributed by atoms with Gasteiger partial charge in [-0.15, -0.1) is 0 Å². The van der Waals surface area contributed by atoms with Gasteiger partial charge in [0.2, 0.25) is 0 Å². The van der Waals surface area contributed by atoms with Gasteiger partial charge in [-0.05, 0) is 20.4 Å². The second kappa shape index (κ2) is 3.18. The second-order valence-electron chi connectivity index (χ2n) is 2.73. The third-order valence-corrected chi connectivity index (χ3v) is 2.02. The lowest BCUT2D eigenvalue weighted by Gasteiger charge is -2.19. The molecule has 1 aliphatic rings. The average molecular weight is 132 g/mol. The van der Waals surface area contributed by atoms with Crippen LogP contribution in [0.3, 0.4) is 0 Å². The molecule has 0 unspecified atom stereocenters. The Kier molecular flexibility index (Phi) is 2.49. The standard InChI is InChI=1S/C7H15NO.H2/c1-7-3-5-9-6-4-8(7)2;/h7H,3-6H2,1-2H3;1H/t7-;/m1./s1/i;1+1. The van der Waals surface area contributed by atoms with Crippen molar-refractivity contribution in [2.75, 3.05) is 26.8 Å². The molecule has 2 nitrogen and oxygen atoms in total. The van der Waals surface area contributed by atoms with E-state index < -0.39 is 0 Å². The largest absolute Gasteiger partial charge is 0.380 e. The van der Waals surface area contributed by atoms with E-state index in [1.54, 1.807) is 0 Å². The molecule has 0 aromatic heterocycles. The van der Waals surface area contributed by atoms with E-state index >= 15 is 0 Å². The van der Waals surface area contributed by atoms with Crippen molar-refractivity contribution in [3.8, 4) is 0 Å². The fourth-order valence-electron chi connectivity index (χ4n) is 1.01. The monoisotopic (exact) mass is 132 g/mol. The Labute approximate surface area is 58.3 Å². The Morgan fingerprint density at radius 2 is 2.33 bits per heavy atom. The van der Waals surface area contributed by atoms with Crippen LogP contribution < -0.4 is 0 Å². The van der Waals surface area contributed by atoms with Gasteiger partial charge in [0.15, 0.2) is 0 Å². The molecule has 1 aliphatic heterocycles. The van der Waals surface area contributed by atoms with Gasteiger partial charge in [-0.3, -0.25) is 0 Å². The van der Waals surface area contributed by atoms with Crippen LogP contribution in [0.1, 0.15) is 14.8 Å². The number of likely N-dealkylation sites (N-methyl/N-ethyl adjacent to an activating group) is 1. The molecule has 9 heavy (non-hydrogen) atoms. The van der Waals surface area contributed by atoms with Crippen LogP contribution in [0.15, 0.2) is 0 Å². The minimum absolute atomic E-state index is 0. The van der Waals surface area contributed by atoms with Gasteiger partial charge in [0, 0.05) is 20.6 Å². The Morgan fingerprint density at radius 1 is 1.56 bits per heavy atom. The SMILES string of the molecule is C[C@@H]1CCOCCN1C.[2HH]. The molecule has 1 fully saturated rings. The van der Waals surface area contributed by atoms with Gasteiger partial charge in [0.25, 0.3) is 0 Å². The van der Waals surface area contributed by atoms with Crippen LogP contribution in [-0.4, -0.2) is 37.7 Å². The highest BCUT2D eigenvalue weighted by molar-refractivity contribution is 4.65. The zero-order valence-corrected chi connectivity index (χ0v) is 6.26. The van der Waals surface area contributed by atoms with Crippen LogP contribution in [0.25, 0.3) is 0 Å². The number of ether oxygens (including phenoxy) is 1. The fraction of sp³-hybridized carbons (Fsp3) is 1.00. The third kappa shape index (κ3) is 1.95. The van der Waals surface area contributed by atoms with E-state index in [0.29, 0.717) is 6.04 Å². The molecule has 0 N–H and O–H groups in total. The van der Waals surface area contributed by atoms with Gasteiger partial charge < -0.3 is 9.64 Å². The van der Waals surface area contributed by atoms with Crippen LogP contribution in [0.2, 0.25) is 0 Å². The van der Waals surface area contributed by atoms with Crippen molar-refractivity contribution in [2.45, 2.75) is 19.4 Å². The quantitative estimate of drug-likeness (QED) is 0.487. The van der Waals surface area contributed by atoms with Crippen molar-refractivity contribution >= 4 is 0 Å². The summed E-state index contributed by atoms with van der Waals surface area (Å²) >= 11 is 0. The van der Waals surface area contributed by atoms with Crippen LogP contribution in [0, 0.1) is 0 Å². The van der Waals surface area contributed by atoms with Crippen LogP contribution in [0.4, 0.5) is 0 Å². The minimum atomic E-state index is 0. The minimum Gasteiger partial charge on any atom is -0.380 e. The molecule has 0 radical (unpaired) electrons. The summed E-state index contributed by atoms with van der Waals surface area (Å²) in [6.07, 6.45) is 1.18. The third-order valence-electron chi connectivity index (χ3n) is 2.02. The fourth-order valence-corrected chi connectivity index (χ4v) is 1.01. The first kappa shape index (κ1) is 7.03. The summed E-state index contributed by atoms with van der Waals surface area (Å²) in [6.45, 7) is 5.17. The highest BCUT2D eigenvalue weighted by Crippen LogP contribution is 2.04. The van der Waals surface area contributed by atoms with Crippen molar-refractivity contribution in [1.29, 1.82) is 0 Å². The van der Waals surface area contributed by atoms with Crippen molar-refractivity contribution in [3.05, 3.63) is 0 Å². The van der Waals surface area contributed by atoms with Crippen molar-refractivity contribution in [1.82, 2.24) is 4.90 Å². The predicted molar refractivity (Wildman–Crippen MR) is 39.6 cm³/mol.